The highest BCUT2D eigenvalue weighted by molar-refractivity contribution is 7.22. The highest BCUT2D eigenvalue weighted by atomic mass is 32.1. The van der Waals surface area contributed by atoms with Gasteiger partial charge < -0.3 is 19.1 Å². The van der Waals surface area contributed by atoms with Crippen LogP contribution in [0.2, 0.25) is 0 Å². The van der Waals surface area contributed by atoms with Crippen LogP contribution >= 0.6 is 11.3 Å². The Morgan fingerprint density at radius 2 is 1.78 bits per heavy atom. The van der Waals surface area contributed by atoms with Crippen LogP contribution in [0.3, 0.4) is 0 Å². The first-order valence-corrected chi connectivity index (χ1v) is 11.4. The first-order valence-electron chi connectivity index (χ1n) is 10.6. The fourth-order valence-corrected chi connectivity index (χ4v) is 5.34. The van der Waals surface area contributed by atoms with Crippen LogP contribution in [-0.2, 0) is 13.7 Å². The number of pyridine rings is 2. The van der Waals surface area contributed by atoms with E-state index in [0.717, 1.165) is 34.3 Å². The van der Waals surface area contributed by atoms with Gasteiger partial charge in [-0.3, -0.25) is 14.6 Å². The number of carbonyl (C=O) groups excluding carboxylic acids is 1. The number of ether oxygens (including phenoxy) is 1. The summed E-state index contributed by atoms with van der Waals surface area (Å²) in [6.07, 6.45) is 3.40. The summed E-state index contributed by atoms with van der Waals surface area (Å²) in [5.74, 6) is 0.312. The number of likely N-dealkylation sites (N-methyl/N-ethyl adjacent to an activating group) is 1. The molecule has 4 heterocycles. The summed E-state index contributed by atoms with van der Waals surface area (Å²) in [5, 5.41) is 1.42. The lowest BCUT2D eigenvalue weighted by atomic mass is 10.1. The molecule has 4 aromatic rings. The first kappa shape index (κ1) is 20.7. The smallest absolute Gasteiger partial charge is 0.267 e. The molecule has 32 heavy (non-hydrogen) atoms. The minimum absolute atomic E-state index is 0.0739. The maximum Gasteiger partial charge on any atom is 0.267 e. The molecule has 0 saturated carbocycles. The molecule has 7 nitrogen and oxygen atoms in total. The van der Waals surface area contributed by atoms with E-state index in [-0.39, 0.29) is 18.1 Å². The second kappa shape index (κ2) is 8.37. The maximum absolute atomic E-state index is 13.6. The van der Waals surface area contributed by atoms with Crippen molar-refractivity contribution in [3.05, 3.63) is 69.6 Å². The summed E-state index contributed by atoms with van der Waals surface area (Å²) in [6.45, 7) is 3.23. The van der Waals surface area contributed by atoms with Crippen molar-refractivity contribution in [3.8, 4) is 5.75 Å². The van der Waals surface area contributed by atoms with Crippen LogP contribution in [0, 0.1) is 0 Å². The number of hydrogen-bond donors (Lipinski definition) is 0. The Bertz CT molecular complexity index is 1350. The van der Waals surface area contributed by atoms with Gasteiger partial charge in [-0.2, -0.15) is 0 Å². The zero-order valence-electron chi connectivity index (χ0n) is 18.1. The summed E-state index contributed by atoms with van der Waals surface area (Å²) in [4.78, 5) is 35.5. The molecule has 1 aliphatic rings. The van der Waals surface area contributed by atoms with E-state index in [9.17, 15) is 9.59 Å². The quantitative estimate of drug-likeness (QED) is 0.480. The van der Waals surface area contributed by atoms with E-state index in [1.54, 1.807) is 24.0 Å². The zero-order valence-corrected chi connectivity index (χ0v) is 18.9. The Morgan fingerprint density at radius 1 is 1.06 bits per heavy atom. The molecule has 0 radical (unpaired) electrons. The van der Waals surface area contributed by atoms with Gasteiger partial charge in [-0.25, -0.2) is 0 Å². The molecule has 1 aliphatic heterocycles. The lowest BCUT2D eigenvalue weighted by molar-refractivity contribution is 0.0665. The van der Waals surface area contributed by atoms with E-state index in [1.807, 2.05) is 41.3 Å². The minimum Gasteiger partial charge on any atom is -0.486 e. The van der Waals surface area contributed by atoms with Gasteiger partial charge in [-0.1, -0.05) is 18.2 Å². The Labute approximate surface area is 189 Å². The number of fused-ring (bicyclic) bond motifs is 3. The van der Waals surface area contributed by atoms with Crippen molar-refractivity contribution in [1.82, 2.24) is 19.4 Å². The fourth-order valence-electron chi connectivity index (χ4n) is 4.10. The van der Waals surface area contributed by atoms with Crippen LogP contribution < -0.4 is 10.3 Å². The van der Waals surface area contributed by atoms with Gasteiger partial charge in [0, 0.05) is 51.0 Å². The molecule has 1 amide bonds. The lowest BCUT2D eigenvalue weighted by Crippen LogP contribution is -2.47. The Kier molecular flexibility index (Phi) is 5.40. The summed E-state index contributed by atoms with van der Waals surface area (Å²) < 4.78 is 8.64. The molecule has 164 valence electrons. The number of piperazine rings is 1. The van der Waals surface area contributed by atoms with Crippen LogP contribution in [0.4, 0.5) is 0 Å². The van der Waals surface area contributed by atoms with Crippen LogP contribution in [-0.4, -0.2) is 58.5 Å². The predicted octanol–water partition coefficient (Wildman–Crippen LogP) is 3.11. The fraction of sp³-hybridized carbons (Fsp3) is 0.292. The second-order valence-electron chi connectivity index (χ2n) is 8.09. The Hall–Kier alpha value is -3.23. The molecule has 1 aromatic carbocycles. The van der Waals surface area contributed by atoms with Gasteiger partial charge in [0.1, 0.15) is 16.9 Å². The van der Waals surface area contributed by atoms with Crippen molar-refractivity contribution in [3.63, 3.8) is 0 Å². The van der Waals surface area contributed by atoms with E-state index in [0.29, 0.717) is 29.1 Å². The third-order valence-electron chi connectivity index (χ3n) is 6.01. The predicted molar refractivity (Wildman–Crippen MR) is 127 cm³/mol. The normalized spacial score (nSPS) is 14.9. The molecular formula is C24H24N4O3S. The summed E-state index contributed by atoms with van der Waals surface area (Å²) in [6, 6.07) is 11.5. The van der Waals surface area contributed by atoms with Crippen LogP contribution in [0.25, 0.3) is 21.0 Å². The third-order valence-corrected chi connectivity index (χ3v) is 7.20. The van der Waals surface area contributed by atoms with E-state index < -0.39 is 0 Å². The number of benzene rings is 1. The number of aromatic nitrogens is 2. The van der Waals surface area contributed by atoms with Crippen molar-refractivity contribution >= 4 is 38.2 Å². The van der Waals surface area contributed by atoms with Gasteiger partial charge in [0.25, 0.3) is 11.5 Å². The number of rotatable bonds is 4. The van der Waals surface area contributed by atoms with Crippen molar-refractivity contribution in [2.24, 2.45) is 7.05 Å². The third kappa shape index (κ3) is 3.55. The van der Waals surface area contributed by atoms with Crippen molar-refractivity contribution in [1.29, 1.82) is 0 Å². The van der Waals surface area contributed by atoms with Gasteiger partial charge in [-0.15, -0.1) is 11.3 Å². The number of amides is 1. The number of para-hydroxylation sites is 1. The Balaban J connectivity index is 1.67. The first-order chi connectivity index (χ1) is 15.5. The molecule has 8 heteroatoms. The number of nitrogens with zero attached hydrogens (tertiary/aromatic N) is 4. The van der Waals surface area contributed by atoms with Crippen LogP contribution in [0.5, 0.6) is 5.75 Å². The average molecular weight is 449 g/mol. The lowest BCUT2D eigenvalue weighted by Gasteiger charge is -2.32. The van der Waals surface area contributed by atoms with Crippen molar-refractivity contribution in [2.75, 3.05) is 33.2 Å². The molecule has 0 atom stereocenters. The van der Waals surface area contributed by atoms with Gasteiger partial charge in [0.15, 0.2) is 5.75 Å². The molecule has 3 aromatic heterocycles. The van der Waals surface area contributed by atoms with Crippen molar-refractivity contribution in [2.45, 2.75) is 6.61 Å². The zero-order chi connectivity index (χ0) is 22.2. The number of thiophene rings is 1. The van der Waals surface area contributed by atoms with Gasteiger partial charge in [0.2, 0.25) is 0 Å². The van der Waals surface area contributed by atoms with E-state index in [1.165, 1.54) is 11.3 Å². The minimum atomic E-state index is -0.155. The van der Waals surface area contributed by atoms with Gasteiger partial charge in [-0.05, 0) is 30.8 Å². The number of carbonyl (C=O) groups is 1. The SMILES string of the molecule is CN1CCN(C(=O)c2sc3c(c2OCc2ccncc2)c(=O)n(C)c2ccccc32)CC1. The molecule has 1 saturated heterocycles. The van der Waals surface area contributed by atoms with E-state index >= 15 is 0 Å². The molecule has 0 spiro atoms. The summed E-state index contributed by atoms with van der Waals surface area (Å²) >= 11 is 1.36. The highest BCUT2D eigenvalue weighted by Crippen LogP contribution is 2.40. The maximum atomic E-state index is 13.6. The topological polar surface area (TPSA) is 67.7 Å². The second-order valence-corrected chi connectivity index (χ2v) is 9.11. The number of aryl methyl sites for hydroxylation is 1. The molecule has 0 N–H and O–H groups in total. The standard InChI is InChI=1S/C24H24N4O3S/c1-26-11-13-28(14-12-26)24(30)22-20(31-15-16-7-9-25-10-8-16)19-21(32-22)17-5-3-4-6-18(17)27(2)23(19)29/h3-10H,11-15H2,1-2H3. The van der Waals surface area contributed by atoms with Crippen LogP contribution in [0.1, 0.15) is 15.2 Å². The van der Waals surface area contributed by atoms with Crippen LogP contribution in [0.15, 0.2) is 53.6 Å². The molecule has 0 aliphatic carbocycles. The van der Waals surface area contributed by atoms with E-state index in [2.05, 4.69) is 16.9 Å². The van der Waals surface area contributed by atoms with Gasteiger partial charge >= 0.3 is 0 Å². The largest absolute Gasteiger partial charge is 0.486 e. The number of hydrogen-bond acceptors (Lipinski definition) is 6. The molecule has 5 rings (SSSR count). The van der Waals surface area contributed by atoms with E-state index in [4.69, 9.17) is 4.74 Å². The molecule has 1 fully saturated rings. The molecule has 0 unspecified atom stereocenters. The molecule has 0 bridgehead atoms. The average Bonchev–Trinajstić information content (AvgIpc) is 3.22. The Morgan fingerprint density at radius 3 is 2.53 bits per heavy atom. The molecular weight excluding hydrogens is 424 g/mol. The monoisotopic (exact) mass is 448 g/mol. The van der Waals surface area contributed by atoms with Gasteiger partial charge in [0.05, 0.1) is 10.2 Å². The summed E-state index contributed by atoms with van der Waals surface area (Å²) in [5.41, 5.74) is 1.61. The van der Waals surface area contributed by atoms with Crippen molar-refractivity contribution < 1.29 is 9.53 Å². The summed E-state index contributed by atoms with van der Waals surface area (Å²) in [7, 11) is 3.82. The highest BCUT2D eigenvalue weighted by Gasteiger charge is 2.29.